The van der Waals surface area contributed by atoms with Gasteiger partial charge in [0.25, 0.3) is 0 Å². The topological polar surface area (TPSA) is 62.9 Å². The molecule has 0 N–H and O–H groups in total. The Morgan fingerprint density at radius 2 is 0.962 bits per heavy atom. The molecule has 0 saturated heterocycles. The molecule has 1 atom stereocenters. The number of benzene rings is 8. The number of pyridine rings is 2. The molecule has 378 valence electrons. The molecule has 0 radical (unpaired) electrons. The van der Waals surface area contributed by atoms with Crippen LogP contribution in [-0.2, 0) is 25.8 Å². The molecule has 16 rings (SSSR count). The minimum Gasteiger partial charge on any atom is -0.491 e. The number of para-hydroxylation sites is 3. The Bertz CT molecular complexity index is 4930. The molecular weight excluding hydrogens is 1180 g/mol. The van der Waals surface area contributed by atoms with Crippen LogP contribution in [0.5, 0.6) is 5.75 Å². The Kier molecular flexibility index (Phi) is 12.1. The molecule has 11 heteroatoms. The normalized spacial score (nSPS) is 12.2. The molecule has 0 fully saturated rings. The number of fused-ring (bicyclic) bond motifs is 18. The van der Waals surface area contributed by atoms with Crippen LogP contribution in [0.2, 0.25) is 0 Å². The molecule has 1 unspecified atom stereocenters. The first-order chi connectivity index (χ1) is 38.1. The second-order valence-corrected chi connectivity index (χ2v) is 21.5. The van der Waals surface area contributed by atoms with E-state index in [1.807, 2.05) is 71.7 Å². The van der Waals surface area contributed by atoms with Gasteiger partial charge < -0.3 is 27.4 Å². The molecule has 0 spiro atoms. The van der Waals surface area contributed by atoms with Crippen molar-refractivity contribution in [2.24, 2.45) is 0 Å². The summed E-state index contributed by atoms with van der Waals surface area (Å²) in [4.78, 5) is 11.7. The third-order valence-corrected chi connectivity index (χ3v) is 17.5. The molecule has 16 aromatic rings. The van der Waals surface area contributed by atoms with Crippen LogP contribution in [0, 0.1) is 12.1 Å². The number of hydrogen-bond acceptors (Lipinski definition) is 6. The molecule has 78 heavy (non-hydrogen) atoms. The number of nitrogens with zero attached hydrogens (tertiary/aromatic N) is 6. The molecule has 8 aromatic heterocycles. The fraction of sp³-hybridized carbons (Fsp3) is 0.0746. The average Bonchev–Trinajstić information content (AvgIpc) is 4.51. The van der Waals surface area contributed by atoms with E-state index in [4.69, 9.17) is 9.47 Å². The first kappa shape index (κ1) is 48.0. The van der Waals surface area contributed by atoms with Crippen LogP contribution < -0.4 is 4.74 Å². The molecule has 0 aliphatic carbocycles. The average molecular weight is 1230 g/mol. The Hall–Kier alpha value is -8.37. The van der Waals surface area contributed by atoms with Crippen molar-refractivity contribution in [1.82, 2.24) is 27.9 Å². The van der Waals surface area contributed by atoms with Gasteiger partial charge in [0.05, 0.1) is 39.5 Å². The fourth-order valence-corrected chi connectivity index (χ4v) is 13.8. The van der Waals surface area contributed by atoms with Gasteiger partial charge in [-0.25, -0.2) is 0 Å². The summed E-state index contributed by atoms with van der Waals surface area (Å²) in [5.41, 5.74) is 13.8. The van der Waals surface area contributed by atoms with Crippen molar-refractivity contribution >= 4 is 120 Å². The second kappa shape index (κ2) is 19.6. The van der Waals surface area contributed by atoms with Gasteiger partial charge in [-0.15, -0.1) is 71.2 Å². The summed E-state index contributed by atoms with van der Waals surface area (Å²) < 4.78 is 23.0. The van der Waals surface area contributed by atoms with Crippen LogP contribution in [0.4, 0.5) is 0 Å². The molecule has 0 aliphatic heterocycles. The zero-order valence-electron chi connectivity index (χ0n) is 42.3. The smallest absolute Gasteiger partial charge is 0.491 e. The first-order valence-electron chi connectivity index (χ1n) is 25.9. The zero-order chi connectivity index (χ0) is 51.1. The van der Waals surface area contributed by atoms with E-state index in [1.165, 1.54) is 101 Å². The van der Waals surface area contributed by atoms with Gasteiger partial charge in [0.1, 0.15) is 12.4 Å². The summed E-state index contributed by atoms with van der Waals surface area (Å²) >= 11 is 3.67. The molecule has 0 bridgehead atoms. The minimum absolute atomic E-state index is 0. The van der Waals surface area contributed by atoms with E-state index in [1.54, 1.807) is 7.11 Å². The van der Waals surface area contributed by atoms with Crippen LogP contribution in [0.1, 0.15) is 13.3 Å². The van der Waals surface area contributed by atoms with Crippen LogP contribution in [-0.4, -0.2) is 47.7 Å². The Labute approximate surface area is 470 Å². The predicted octanol–water partition coefficient (Wildman–Crippen LogP) is 17.3. The van der Waals surface area contributed by atoms with E-state index < -0.39 is 0 Å². The van der Waals surface area contributed by atoms with Gasteiger partial charge in [0.2, 0.25) is 0 Å². The van der Waals surface area contributed by atoms with Crippen LogP contribution in [0.15, 0.2) is 213 Å². The number of ether oxygens (including phenoxy) is 2. The maximum Gasteiger partial charge on any atom is 2.00 e. The monoisotopic (exact) mass is 1230 g/mol. The largest absolute Gasteiger partial charge is 2.00 e. The number of methoxy groups -OCH3 is 1. The second-order valence-electron chi connectivity index (χ2n) is 19.4. The summed E-state index contributed by atoms with van der Waals surface area (Å²) in [6, 6.07) is 73.8. The zero-order valence-corrected chi connectivity index (χ0v) is 46.2. The van der Waals surface area contributed by atoms with Gasteiger partial charge in [-0.3, -0.25) is 9.97 Å². The van der Waals surface area contributed by atoms with Crippen LogP contribution >= 0.6 is 22.7 Å². The Morgan fingerprint density at radius 1 is 0.487 bits per heavy atom. The molecular formula is C67H46N6O2PtS2. The van der Waals surface area contributed by atoms with Gasteiger partial charge in [-0.2, -0.15) is 0 Å². The Balaban J connectivity index is 0.000000142. The number of rotatable bonds is 9. The standard InChI is InChI=1S/C36H28N3O2S.C31H18N3S.Pt/c1-3-25(40-2)22-41-26-15-13-24(14-16-26)39-31-11-7-6-8-27(31)30-20-23(12-17-32(30)39)34-21-33-35(42-34)28-9-4-5-10-29(28)36-37-18-19-38(33)36;1-2-8-21(9-3-1)34-26-13-7-6-10-22(26)25-18-20(14-15-27(25)34)29-19-28-30(35-29)23-11-4-5-12-24(23)31-32-16-17-33(28)31;/h4-9,11-21,25H,3,22H2,1-2H3;1-11,13-19H;/q2*-1;+2. The van der Waals surface area contributed by atoms with Crippen molar-refractivity contribution in [2.45, 2.75) is 19.4 Å². The number of hydrogen-bond donors (Lipinski definition) is 0. The number of imidazole rings is 2. The SMILES string of the molecule is CCC(COc1ccc(-n2c3ccccc3c3cc(-c4cc5c(s4)c4ccc[c-]c4c4nccn54)ccc32)cc1)OC.[Pt+2].[c-]1cccc2c1c1nccn1c1cc(-c3ccc4c(c3)c3ccccc3n4-c3ccccc3)sc21. The summed E-state index contributed by atoms with van der Waals surface area (Å²) in [6.07, 6.45) is 8.85. The molecule has 0 aliphatic rings. The van der Waals surface area contributed by atoms with Gasteiger partial charge >= 0.3 is 21.1 Å². The quantitative estimate of drug-likeness (QED) is 0.135. The van der Waals surface area contributed by atoms with E-state index in [0.717, 1.165) is 39.9 Å². The summed E-state index contributed by atoms with van der Waals surface area (Å²) in [5.74, 6) is 0.846. The van der Waals surface area contributed by atoms with Crippen molar-refractivity contribution in [3.8, 4) is 38.0 Å². The summed E-state index contributed by atoms with van der Waals surface area (Å²) in [7, 11) is 1.73. The predicted molar refractivity (Wildman–Crippen MR) is 320 cm³/mol. The molecule has 8 aromatic carbocycles. The summed E-state index contributed by atoms with van der Waals surface area (Å²) in [6.45, 7) is 2.65. The van der Waals surface area contributed by atoms with E-state index in [2.05, 4.69) is 211 Å². The molecule has 8 nitrogen and oxygen atoms in total. The first-order valence-corrected chi connectivity index (χ1v) is 27.5. The number of thiophene rings is 2. The van der Waals surface area contributed by atoms with Crippen LogP contribution in [0.25, 0.3) is 129 Å². The van der Waals surface area contributed by atoms with Crippen molar-refractivity contribution in [3.05, 3.63) is 225 Å². The van der Waals surface area contributed by atoms with Gasteiger partial charge in [0.15, 0.2) is 0 Å². The van der Waals surface area contributed by atoms with Crippen LogP contribution in [0.3, 0.4) is 0 Å². The molecule has 0 amide bonds. The van der Waals surface area contributed by atoms with E-state index in [-0.39, 0.29) is 27.2 Å². The molecule has 8 heterocycles. The van der Waals surface area contributed by atoms with E-state index in [0.29, 0.717) is 6.61 Å². The third kappa shape index (κ3) is 7.77. The van der Waals surface area contributed by atoms with Gasteiger partial charge in [-0.05, 0) is 102 Å². The van der Waals surface area contributed by atoms with Crippen molar-refractivity contribution in [2.75, 3.05) is 13.7 Å². The summed E-state index contributed by atoms with van der Waals surface area (Å²) in [5, 5.41) is 9.54. The maximum absolute atomic E-state index is 5.99. The Morgan fingerprint density at radius 3 is 1.47 bits per heavy atom. The minimum atomic E-state index is 0. The molecule has 0 saturated carbocycles. The van der Waals surface area contributed by atoms with Crippen molar-refractivity contribution in [3.63, 3.8) is 0 Å². The fourth-order valence-electron chi connectivity index (χ4n) is 11.4. The van der Waals surface area contributed by atoms with Crippen molar-refractivity contribution in [1.29, 1.82) is 0 Å². The van der Waals surface area contributed by atoms with Gasteiger partial charge in [0, 0.05) is 95.0 Å². The van der Waals surface area contributed by atoms with E-state index in [9.17, 15) is 0 Å². The number of aromatic nitrogens is 6. The van der Waals surface area contributed by atoms with E-state index >= 15 is 0 Å². The third-order valence-electron chi connectivity index (χ3n) is 15.1. The van der Waals surface area contributed by atoms with Crippen molar-refractivity contribution < 1.29 is 30.5 Å². The maximum atomic E-state index is 5.99. The van der Waals surface area contributed by atoms with Gasteiger partial charge in [-0.1, -0.05) is 95.2 Å².